The molecule has 1 N–H and O–H groups in total. The van der Waals surface area contributed by atoms with Gasteiger partial charge in [-0.05, 0) is 31.2 Å². The number of nitrogens with zero attached hydrogens (tertiary/aromatic N) is 4. The van der Waals surface area contributed by atoms with E-state index >= 15 is 0 Å². The molecule has 0 radical (unpaired) electrons. The van der Waals surface area contributed by atoms with Crippen LogP contribution in [0.25, 0.3) is 0 Å². The van der Waals surface area contributed by atoms with Crippen LogP contribution in [-0.2, 0) is 31.5 Å². The summed E-state index contributed by atoms with van der Waals surface area (Å²) < 4.78 is 60.0. The second kappa shape index (κ2) is 10.5. The molecule has 2 aromatic rings. The smallest absolute Gasteiger partial charge is 0.726 e. The quantitative estimate of drug-likeness (QED) is 0.202. The third-order valence-corrected chi connectivity index (χ3v) is 6.08. The molecular formula is C16H15N4NaO8S2. The molecular weight excluding hydrogens is 463 g/mol. The Hall–Kier alpha value is -2.12. The van der Waals surface area contributed by atoms with Gasteiger partial charge in [0.1, 0.15) is 11.6 Å². The summed E-state index contributed by atoms with van der Waals surface area (Å²) in [5, 5.41) is 26.6. The zero-order valence-electron chi connectivity index (χ0n) is 16.6. The number of aromatic nitrogens is 1. The zero-order chi connectivity index (χ0) is 22.7. The average molecular weight is 478 g/mol. The first-order valence-electron chi connectivity index (χ1n) is 8.05. The summed E-state index contributed by atoms with van der Waals surface area (Å²) in [6.07, 6.45) is 0. The van der Waals surface area contributed by atoms with Crippen LogP contribution in [0.5, 0.6) is 5.88 Å². The van der Waals surface area contributed by atoms with Crippen LogP contribution < -0.4 is 35.1 Å². The molecule has 0 unspecified atom stereocenters. The van der Waals surface area contributed by atoms with Gasteiger partial charge in [0.15, 0.2) is 15.5 Å². The summed E-state index contributed by atoms with van der Waals surface area (Å²) in [5.74, 6) is -1.23. The Morgan fingerprint density at radius 3 is 2.29 bits per heavy atom. The molecule has 0 aliphatic carbocycles. The van der Waals surface area contributed by atoms with Gasteiger partial charge in [-0.2, -0.15) is 10.4 Å². The molecule has 160 valence electrons. The second-order valence-corrected chi connectivity index (χ2v) is 9.05. The maximum Gasteiger partial charge on any atom is 1.00 e. The predicted molar refractivity (Wildman–Crippen MR) is 101 cm³/mol. The molecule has 0 atom stereocenters. The molecule has 0 amide bonds. The van der Waals surface area contributed by atoms with Crippen molar-refractivity contribution < 1.29 is 60.2 Å². The van der Waals surface area contributed by atoms with Gasteiger partial charge in [0.2, 0.25) is 16.3 Å². The van der Waals surface area contributed by atoms with Crippen molar-refractivity contribution >= 4 is 31.6 Å². The van der Waals surface area contributed by atoms with E-state index in [2.05, 4.69) is 14.4 Å². The zero-order valence-corrected chi connectivity index (χ0v) is 20.3. The molecule has 1 aromatic carbocycles. The average Bonchev–Trinajstić information content (AvgIpc) is 2.66. The molecule has 0 fully saturated rings. The van der Waals surface area contributed by atoms with Gasteiger partial charge in [0.25, 0.3) is 5.56 Å². The van der Waals surface area contributed by atoms with E-state index in [4.69, 9.17) is 5.26 Å². The van der Waals surface area contributed by atoms with Gasteiger partial charge in [-0.25, -0.2) is 16.8 Å². The number of azo groups is 1. The Morgan fingerprint density at radius 2 is 1.77 bits per heavy atom. The van der Waals surface area contributed by atoms with Crippen LogP contribution >= 0.6 is 0 Å². The Labute approximate surface area is 200 Å². The van der Waals surface area contributed by atoms with Crippen molar-refractivity contribution in [3.8, 4) is 11.9 Å². The maximum atomic E-state index is 12.2. The van der Waals surface area contributed by atoms with Gasteiger partial charge in [0.05, 0.1) is 22.9 Å². The van der Waals surface area contributed by atoms with Crippen molar-refractivity contribution in [2.24, 2.45) is 17.3 Å². The van der Waals surface area contributed by atoms with E-state index in [-0.39, 0.29) is 57.0 Å². The summed E-state index contributed by atoms with van der Waals surface area (Å²) in [6, 6.07) is 6.70. The monoisotopic (exact) mass is 478 g/mol. The summed E-state index contributed by atoms with van der Waals surface area (Å²) in [6.45, 7) is 0.605. The minimum absolute atomic E-state index is 0. The molecule has 2 rings (SSSR count). The normalized spacial score (nSPS) is 11.8. The van der Waals surface area contributed by atoms with E-state index in [1.165, 1.54) is 38.2 Å². The van der Waals surface area contributed by atoms with Crippen LogP contribution in [0.15, 0.2) is 44.2 Å². The molecule has 0 saturated carbocycles. The van der Waals surface area contributed by atoms with Crippen molar-refractivity contribution in [3.63, 3.8) is 0 Å². The summed E-state index contributed by atoms with van der Waals surface area (Å²) >= 11 is 0. The van der Waals surface area contributed by atoms with Crippen LogP contribution in [0.4, 0.5) is 11.4 Å². The van der Waals surface area contributed by atoms with Gasteiger partial charge < -0.3 is 9.66 Å². The fourth-order valence-electron chi connectivity index (χ4n) is 2.31. The third kappa shape index (κ3) is 6.68. The molecule has 0 saturated heterocycles. The van der Waals surface area contributed by atoms with Crippen molar-refractivity contribution in [2.75, 3.05) is 12.4 Å². The van der Waals surface area contributed by atoms with E-state index in [0.29, 0.717) is 0 Å². The predicted octanol–water partition coefficient (Wildman–Crippen LogP) is -2.06. The van der Waals surface area contributed by atoms with Crippen LogP contribution in [-0.4, -0.2) is 43.4 Å². The number of pyridine rings is 1. The molecule has 0 bridgehead atoms. The van der Waals surface area contributed by atoms with E-state index in [0.717, 1.165) is 4.57 Å². The number of aromatic hydroxyl groups is 1. The van der Waals surface area contributed by atoms with E-state index in [1.54, 1.807) is 6.07 Å². The molecule has 15 heteroatoms. The Bertz CT molecular complexity index is 1310. The van der Waals surface area contributed by atoms with Crippen LogP contribution in [0, 0.1) is 18.3 Å². The first-order chi connectivity index (χ1) is 13.9. The number of hydrogen-bond acceptors (Lipinski definition) is 11. The van der Waals surface area contributed by atoms with Crippen LogP contribution in [0.2, 0.25) is 0 Å². The number of hydrogen-bond donors (Lipinski definition) is 1. The summed E-state index contributed by atoms with van der Waals surface area (Å²) in [5.41, 5.74) is -0.663. The Balaban J connectivity index is 0.00000480. The largest absolute Gasteiger partial charge is 1.00 e. The molecule has 0 aliphatic rings. The van der Waals surface area contributed by atoms with E-state index < -0.39 is 44.0 Å². The van der Waals surface area contributed by atoms with E-state index in [9.17, 15) is 31.3 Å². The fourth-order valence-corrected chi connectivity index (χ4v) is 3.79. The SMILES string of the molecule is Cc1c(C#N)c(O)n(C)c(=O)c1N=Nc1ccc(S(=O)(=O)CCOS(=O)(=O)[O-])cc1.[Na+]. The van der Waals surface area contributed by atoms with Crippen LogP contribution in [0.1, 0.15) is 11.1 Å². The van der Waals surface area contributed by atoms with Crippen molar-refractivity contribution in [3.05, 3.63) is 45.7 Å². The molecule has 1 aromatic heterocycles. The minimum Gasteiger partial charge on any atom is -0.726 e. The summed E-state index contributed by atoms with van der Waals surface area (Å²) in [7, 11) is -7.65. The number of benzene rings is 1. The topological polar surface area (TPSA) is 191 Å². The molecule has 31 heavy (non-hydrogen) atoms. The molecule has 12 nitrogen and oxygen atoms in total. The molecule has 0 spiro atoms. The minimum atomic E-state index is -4.99. The number of rotatable bonds is 7. The van der Waals surface area contributed by atoms with E-state index in [1.807, 2.05) is 0 Å². The maximum absolute atomic E-state index is 12.2. The first kappa shape index (κ1) is 26.9. The third-order valence-electron chi connectivity index (χ3n) is 3.93. The van der Waals surface area contributed by atoms with Gasteiger partial charge in [-0.15, -0.1) is 5.11 Å². The molecule has 0 aliphatic heterocycles. The van der Waals surface area contributed by atoms with Crippen LogP contribution in [0.3, 0.4) is 0 Å². The van der Waals surface area contributed by atoms with Gasteiger partial charge in [0, 0.05) is 12.6 Å². The van der Waals surface area contributed by atoms with Gasteiger partial charge in [-0.1, -0.05) is 0 Å². The Morgan fingerprint density at radius 1 is 1.19 bits per heavy atom. The summed E-state index contributed by atoms with van der Waals surface area (Å²) in [4.78, 5) is 12.1. The number of nitriles is 1. The number of sulfone groups is 1. The van der Waals surface area contributed by atoms with Gasteiger partial charge >= 0.3 is 29.6 Å². The Kier molecular flexibility index (Phi) is 9.08. The molecule has 1 heterocycles. The van der Waals surface area contributed by atoms with Gasteiger partial charge in [-0.3, -0.25) is 13.5 Å². The second-order valence-electron chi connectivity index (χ2n) is 5.89. The van der Waals surface area contributed by atoms with Crippen molar-refractivity contribution in [2.45, 2.75) is 11.8 Å². The first-order valence-corrected chi connectivity index (χ1v) is 11.0. The standard InChI is InChI=1S/C16H16N4O8S2.Na/c1-10-13(9-17)15(21)20(2)16(22)14(10)19-18-11-3-5-12(6-4-11)29(23,24)8-7-28-30(25,26)27;/h3-6,21H,7-8H2,1-2H3,(H,25,26,27);/q;+1/p-1. The van der Waals surface area contributed by atoms with Crippen molar-refractivity contribution in [1.82, 2.24) is 4.57 Å². The fraction of sp³-hybridized carbons (Fsp3) is 0.250. The van der Waals surface area contributed by atoms with Crippen molar-refractivity contribution in [1.29, 1.82) is 5.26 Å².